The fourth-order valence-corrected chi connectivity index (χ4v) is 5.09. The smallest absolute Gasteiger partial charge is 0.263 e. The molecule has 3 rings (SSSR count). The molecular formula is C20H22BrN3O2S2. The van der Waals surface area contributed by atoms with E-state index in [0.29, 0.717) is 17.1 Å². The molecule has 3 aromatic rings. The van der Waals surface area contributed by atoms with Crippen molar-refractivity contribution in [1.29, 1.82) is 0 Å². The maximum absolute atomic E-state index is 13.1. The lowest BCUT2D eigenvalue weighted by Gasteiger charge is -2.12. The predicted molar refractivity (Wildman–Crippen MR) is 122 cm³/mol. The van der Waals surface area contributed by atoms with E-state index < -0.39 is 0 Å². The van der Waals surface area contributed by atoms with Crippen LogP contribution in [0.4, 0.5) is 5.69 Å². The minimum absolute atomic E-state index is 0.00554. The third-order valence-corrected chi connectivity index (χ3v) is 7.24. The largest absolute Gasteiger partial charge is 0.324 e. The van der Waals surface area contributed by atoms with Gasteiger partial charge in [-0.05, 0) is 53.9 Å². The van der Waals surface area contributed by atoms with Crippen molar-refractivity contribution in [2.45, 2.75) is 45.3 Å². The van der Waals surface area contributed by atoms with Crippen molar-refractivity contribution in [2.24, 2.45) is 0 Å². The molecule has 0 saturated carbocycles. The van der Waals surface area contributed by atoms with Crippen LogP contribution >= 0.6 is 39.0 Å². The van der Waals surface area contributed by atoms with E-state index in [1.54, 1.807) is 4.57 Å². The number of carbonyl (C=O) groups is 1. The van der Waals surface area contributed by atoms with Gasteiger partial charge in [0, 0.05) is 15.9 Å². The molecule has 148 valence electrons. The van der Waals surface area contributed by atoms with E-state index in [2.05, 4.69) is 28.2 Å². The molecule has 0 bridgehead atoms. The van der Waals surface area contributed by atoms with Gasteiger partial charge in [0.1, 0.15) is 4.83 Å². The minimum atomic E-state index is -0.133. The zero-order valence-electron chi connectivity index (χ0n) is 16.0. The first kappa shape index (κ1) is 21.1. The highest BCUT2D eigenvalue weighted by molar-refractivity contribution is 9.10. The molecule has 0 fully saturated rings. The number of rotatable bonds is 7. The topological polar surface area (TPSA) is 64.0 Å². The summed E-state index contributed by atoms with van der Waals surface area (Å²) in [5.41, 5.74) is 1.73. The average molecular weight is 480 g/mol. The second-order valence-electron chi connectivity index (χ2n) is 6.48. The van der Waals surface area contributed by atoms with Crippen molar-refractivity contribution in [1.82, 2.24) is 9.55 Å². The van der Waals surface area contributed by atoms with Gasteiger partial charge in [0.25, 0.3) is 5.56 Å². The molecule has 0 aliphatic rings. The number of hydrogen-bond donors (Lipinski definition) is 1. The Morgan fingerprint density at radius 2 is 2.07 bits per heavy atom. The van der Waals surface area contributed by atoms with Crippen molar-refractivity contribution in [3.05, 3.63) is 49.5 Å². The summed E-state index contributed by atoms with van der Waals surface area (Å²) in [7, 11) is 0. The Morgan fingerprint density at radius 1 is 1.32 bits per heavy atom. The van der Waals surface area contributed by atoms with Crippen LogP contribution in [-0.4, -0.2) is 21.2 Å². The number of unbranched alkanes of at least 4 members (excludes halogenated alkanes) is 1. The number of thioether (sulfide) groups is 1. The number of nitrogens with one attached hydrogen (secondary N) is 1. The second-order valence-corrected chi connectivity index (χ2v) is 9.48. The number of hydrogen-bond acceptors (Lipinski definition) is 5. The number of carbonyl (C=O) groups excluding carboxylic acids is 1. The third kappa shape index (κ3) is 4.50. The van der Waals surface area contributed by atoms with Crippen LogP contribution in [0.5, 0.6) is 0 Å². The van der Waals surface area contributed by atoms with Gasteiger partial charge in [0.15, 0.2) is 5.16 Å². The molecule has 0 spiro atoms. The number of amides is 1. The van der Waals surface area contributed by atoms with Gasteiger partial charge in [-0.2, -0.15) is 0 Å². The molecular weight excluding hydrogens is 458 g/mol. The first-order valence-corrected chi connectivity index (χ1v) is 11.7. The zero-order valence-corrected chi connectivity index (χ0v) is 19.3. The van der Waals surface area contributed by atoms with Gasteiger partial charge in [-0.15, -0.1) is 11.3 Å². The number of aromatic nitrogens is 2. The Labute approximate surface area is 180 Å². The molecule has 1 N–H and O–H groups in total. The number of fused-ring (bicyclic) bond motifs is 1. The van der Waals surface area contributed by atoms with Gasteiger partial charge in [-0.3, -0.25) is 14.2 Å². The van der Waals surface area contributed by atoms with Gasteiger partial charge >= 0.3 is 0 Å². The van der Waals surface area contributed by atoms with Crippen molar-refractivity contribution in [3.8, 4) is 0 Å². The highest BCUT2D eigenvalue weighted by atomic mass is 79.9. The van der Waals surface area contributed by atoms with E-state index >= 15 is 0 Å². The number of benzene rings is 1. The highest BCUT2D eigenvalue weighted by Crippen LogP contribution is 2.29. The first-order valence-electron chi connectivity index (χ1n) is 9.10. The van der Waals surface area contributed by atoms with E-state index in [9.17, 15) is 9.59 Å². The van der Waals surface area contributed by atoms with E-state index in [1.165, 1.54) is 23.1 Å². The molecule has 0 aliphatic heterocycles. The second kappa shape index (κ2) is 9.24. The van der Waals surface area contributed by atoms with Gasteiger partial charge in [-0.25, -0.2) is 4.98 Å². The number of nitrogens with zero attached hydrogens (tertiary/aromatic N) is 2. The van der Waals surface area contributed by atoms with Crippen LogP contribution in [0.25, 0.3) is 10.2 Å². The molecule has 2 aromatic heterocycles. The van der Waals surface area contributed by atoms with E-state index in [1.807, 2.05) is 38.1 Å². The van der Waals surface area contributed by atoms with Crippen LogP contribution in [0.2, 0.25) is 0 Å². The summed E-state index contributed by atoms with van der Waals surface area (Å²) in [4.78, 5) is 32.1. The normalized spacial score (nSPS) is 11.1. The number of para-hydroxylation sites is 1. The maximum Gasteiger partial charge on any atom is 0.263 e. The van der Waals surface area contributed by atoms with Crippen LogP contribution in [0, 0.1) is 13.8 Å². The number of aryl methyl sites for hydroxylation is 2. The molecule has 8 heteroatoms. The van der Waals surface area contributed by atoms with Crippen LogP contribution < -0.4 is 10.9 Å². The fourth-order valence-electron chi connectivity index (χ4n) is 2.81. The van der Waals surface area contributed by atoms with Crippen molar-refractivity contribution < 1.29 is 4.79 Å². The molecule has 0 unspecified atom stereocenters. The molecule has 0 radical (unpaired) electrons. The van der Waals surface area contributed by atoms with Crippen molar-refractivity contribution >= 4 is 60.8 Å². The molecule has 1 aromatic carbocycles. The summed E-state index contributed by atoms with van der Waals surface area (Å²) in [5.74, 6) is 0.0567. The number of anilines is 1. The van der Waals surface area contributed by atoms with E-state index in [4.69, 9.17) is 4.98 Å². The molecule has 2 heterocycles. The van der Waals surface area contributed by atoms with Gasteiger partial charge in [0.2, 0.25) is 5.91 Å². The standard InChI is InChI=1S/C20H22BrN3O2S2/c1-4-5-10-24-19(26)17-12(2)13(3)28-18(17)23-20(24)27-11-16(25)22-15-9-7-6-8-14(15)21/h6-9H,4-5,10-11H2,1-3H3,(H,22,25). The Bertz CT molecular complexity index is 1080. The lowest BCUT2D eigenvalue weighted by Crippen LogP contribution is -2.24. The minimum Gasteiger partial charge on any atom is -0.324 e. The SMILES string of the molecule is CCCCn1c(SCC(=O)Nc2ccccc2Br)nc2sc(C)c(C)c2c1=O. The third-order valence-electron chi connectivity index (χ3n) is 4.47. The quantitative estimate of drug-likeness (QED) is 0.365. The Morgan fingerprint density at radius 3 is 2.79 bits per heavy atom. The molecule has 28 heavy (non-hydrogen) atoms. The summed E-state index contributed by atoms with van der Waals surface area (Å²) in [6.45, 7) is 6.69. The lowest BCUT2D eigenvalue weighted by molar-refractivity contribution is -0.113. The molecule has 0 atom stereocenters. The Balaban J connectivity index is 1.86. The zero-order chi connectivity index (χ0) is 20.3. The molecule has 5 nitrogen and oxygen atoms in total. The lowest BCUT2D eigenvalue weighted by atomic mass is 10.2. The molecule has 0 saturated heterocycles. The fraction of sp³-hybridized carbons (Fsp3) is 0.350. The highest BCUT2D eigenvalue weighted by Gasteiger charge is 2.17. The van der Waals surface area contributed by atoms with E-state index in [0.717, 1.165) is 38.3 Å². The van der Waals surface area contributed by atoms with Crippen LogP contribution in [-0.2, 0) is 11.3 Å². The van der Waals surface area contributed by atoms with Crippen LogP contribution in [0.1, 0.15) is 30.2 Å². The molecule has 0 aliphatic carbocycles. The van der Waals surface area contributed by atoms with E-state index in [-0.39, 0.29) is 17.2 Å². The summed E-state index contributed by atoms with van der Waals surface area (Å²) < 4.78 is 2.55. The van der Waals surface area contributed by atoms with Crippen LogP contribution in [0.15, 0.2) is 38.7 Å². The summed E-state index contributed by atoms with van der Waals surface area (Å²) in [5, 5.41) is 4.20. The first-order chi connectivity index (χ1) is 13.4. The predicted octanol–water partition coefficient (Wildman–Crippen LogP) is 5.37. The summed E-state index contributed by atoms with van der Waals surface area (Å²) in [6, 6.07) is 7.48. The summed E-state index contributed by atoms with van der Waals surface area (Å²) >= 11 is 6.27. The number of halogens is 1. The average Bonchev–Trinajstić information content (AvgIpc) is 2.95. The maximum atomic E-state index is 13.1. The van der Waals surface area contributed by atoms with Gasteiger partial charge < -0.3 is 5.32 Å². The molecule has 1 amide bonds. The van der Waals surface area contributed by atoms with Crippen molar-refractivity contribution in [3.63, 3.8) is 0 Å². The van der Waals surface area contributed by atoms with Crippen molar-refractivity contribution in [2.75, 3.05) is 11.1 Å². The van der Waals surface area contributed by atoms with Gasteiger partial charge in [0.05, 0.1) is 16.8 Å². The number of thiophene rings is 1. The van der Waals surface area contributed by atoms with Crippen LogP contribution in [0.3, 0.4) is 0 Å². The Kier molecular flexibility index (Phi) is 6.95. The van der Waals surface area contributed by atoms with Gasteiger partial charge in [-0.1, -0.05) is 37.2 Å². The summed E-state index contributed by atoms with van der Waals surface area (Å²) in [6.07, 6.45) is 1.88. The monoisotopic (exact) mass is 479 g/mol. The Hall–Kier alpha value is -1.64.